The lowest BCUT2D eigenvalue weighted by atomic mass is 10.1. The van der Waals surface area contributed by atoms with E-state index < -0.39 is 0 Å². The van der Waals surface area contributed by atoms with Gasteiger partial charge in [0.05, 0.1) is 0 Å². The molecule has 2 nitrogen and oxygen atoms in total. The second-order valence-electron chi connectivity index (χ2n) is 4.00. The zero-order valence-electron chi connectivity index (χ0n) is 8.41. The van der Waals surface area contributed by atoms with Gasteiger partial charge in [0.25, 0.3) is 5.91 Å². The van der Waals surface area contributed by atoms with Crippen LogP contribution in [0.25, 0.3) is 0 Å². The van der Waals surface area contributed by atoms with E-state index in [1.807, 2.05) is 16.8 Å². The van der Waals surface area contributed by atoms with Crippen LogP contribution in [0.15, 0.2) is 16.8 Å². The smallest absolute Gasteiger partial charge is 0.252 e. The summed E-state index contributed by atoms with van der Waals surface area (Å²) in [5.74, 6) is 0.601. The zero-order valence-corrected chi connectivity index (χ0v) is 9.98. The molecule has 1 aromatic rings. The second-order valence-corrected chi connectivity index (χ2v) is 5.40. The van der Waals surface area contributed by atoms with E-state index in [9.17, 15) is 4.79 Å². The van der Waals surface area contributed by atoms with Gasteiger partial charge in [-0.1, -0.05) is 0 Å². The molecule has 0 radical (unpaired) electrons. The van der Waals surface area contributed by atoms with Gasteiger partial charge in [-0.05, 0) is 36.6 Å². The molecule has 1 amide bonds. The molecule has 0 aliphatic heterocycles. The van der Waals surface area contributed by atoms with Crippen LogP contribution in [-0.2, 0) is 0 Å². The highest BCUT2D eigenvalue weighted by atomic mass is 35.5. The van der Waals surface area contributed by atoms with Crippen molar-refractivity contribution in [2.75, 3.05) is 6.54 Å². The quantitative estimate of drug-likeness (QED) is 0.813. The summed E-state index contributed by atoms with van der Waals surface area (Å²) in [7, 11) is 0. The van der Waals surface area contributed by atoms with Gasteiger partial charge in [0, 0.05) is 22.9 Å². The number of carbonyl (C=O) groups is 1. The van der Waals surface area contributed by atoms with E-state index in [2.05, 4.69) is 5.32 Å². The first-order valence-corrected chi connectivity index (χ1v) is 6.58. The summed E-state index contributed by atoms with van der Waals surface area (Å²) in [4.78, 5) is 11.6. The van der Waals surface area contributed by atoms with Crippen LogP contribution in [0.4, 0.5) is 0 Å². The van der Waals surface area contributed by atoms with Gasteiger partial charge in [0.1, 0.15) is 0 Å². The second kappa shape index (κ2) is 4.99. The summed E-state index contributed by atoms with van der Waals surface area (Å²) in [6, 6.07) is 1.85. The lowest BCUT2D eigenvalue weighted by molar-refractivity contribution is 0.0948. The Morgan fingerprint density at radius 1 is 1.60 bits per heavy atom. The lowest BCUT2D eigenvalue weighted by Gasteiger charge is -2.09. The third-order valence-electron chi connectivity index (χ3n) is 2.81. The molecule has 4 heteroatoms. The SMILES string of the molecule is O=C(NCC1CCC(Cl)C1)c1ccsc1. The highest BCUT2D eigenvalue weighted by Crippen LogP contribution is 2.28. The number of amides is 1. The van der Waals surface area contributed by atoms with Crippen molar-refractivity contribution in [2.24, 2.45) is 5.92 Å². The maximum Gasteiger partial charge on any atom is 0.252 e. The van der Waals surface area contributed by atoms with E-state index in [0.29, 0.717) is 11.3 Å². The summed E-state index contributed by atoms with van der Waals surface area (Å²) in [6.07, 6.45) is 3.25. The van der Waals surface area contributed by atoms with Gasteiger partial charge >= 0.3 is 0 Å². The molecule has 1 heterocycles. The van der Waals surface area contributed by atoms with Crippen LogP contribution in [0, 0.1) is 5.92 Å². The minimum Gasteiger partial charge on any atom is -0.352 e. The van der Waals surface area contributed by atoms with Crippen molar-refractivity contribution in [1.82, 2.24) is 5.32 Å². The Morgan fingerprint density at radius 3 is 3.07 bits per heavy atom. The Morgan fingerprint density at radius 2 is 2.47 bits per heavy atom. The lowest BCUT2D eigenvalue weighted by Crippen LogP contribution is -2.28. The monoisotopic (exact) mass is 243 g/mol. The van der Waals surface area contributed by atoms with Crippen LogP contribution in [0.1, 0.15) is 29.6 Å². The van der Waals surface area contributed by atoms with Crippen LogP contribution in [0.5, 0.6) is 0 Å². The van der Waals surface area contributed by atoms with Crippen molar-refractivity contribution >= 4 is 28.8 Å². The molecule has 0 saturated heterocycles. The molecule has 2 rings (SSSR count). The molecule has 82 valence electrons. The van der Waals surface area contributed by atoms with Crippen molar-refractivity contribution < 1.29 is 4.79 Å². The number of nitrogens with one attached hydrogen (secondary N) is 1. The first-order valence-electron chi connectivity index (χ1n) is 5.20. The van der Waals surface area contributed by atoms with E-state index in [0.717, 1.165) is 31.4 Å². The number of hydrogen-bond acceptors (Lipinski definition) is 2. The normalized spacial score (nSPS) is 25.4. The first kappa shape index (κ1) is 11.0. The molecule has 1 N–H and O–H groups in total. The highest BCUT2D eigenvalue weighted by molar-refractivity contribution is 7.08. The summed E-state index contributed by atoms with van der Waals surface area (Å²) in [6.45, 7) is 0.762. The van der Waals surface area contributed by atoms with E-state index >= 15 is 0 Å². The van der Waals surface area contributed by atoms with Crippen molar-refractivity contribution in [3.8, 4) is 0 Å². The van der Waals surface area contributed by atoms with E-state index in [1.165, 1.54) is 0 Å². The van der Waals surface area contributed by atoms with E-state index in [1.54, 1.807) is 11.3 Å². The molecular formula is C11H14ClNOS. The summed E-state index contributed by atoms with van der Waals surface area (Å²) < 4.78 is 0. The van der Waals surface area contributed by atoms with Crippen molar-refractivity contribution in [1.29, 1.82) is 0 Å². The molecule has 1 fully saturated rings. The fraction of sp³-hybridized carbons (Fsp3) is 0.545. The number of hydrogen-bond donors (Lipinski definition) is 1. The summed E-state index contributed by atoms with van der Waals surface area (Å²) >= 11 is 7.56. The number of alkyl halides is 1. The Hall–Kier alpha value is -0.540. The number of carbonyl (C=O) groups excluding carboxylic acids is 1. The van der Waals surface area contributed by atoms with Gasteiger partial charge in [-0.25, -0.2) is 0 Å². The van der Waals surface area contributed by atoms with Gasteiger partial charge in [-0.2, -0.15) is 11.3 Å². The predicted molar refractivity (Wildman–Crippen MR) is 63.6 cm³/mol. The Kier molecular flexibility index (Phi) is 3.65. The molecule has 2 unspecified atom stereocenters. The average molecular weight is 244 g/mol. The largest absolute Gasteiger partial charge is 0.352 e. The topological polar surface area (TPSA) is 29.1 Å². The van der Waals surface area contributed by atoms with E-state index in [4.69, 9.17) is 11.6 Å². The average Bonchev–Trinajstić information content (AvgIpc) is 2.84. The number of thiophene rings is 1. The number of halogens is 1. The van der Waals surface area contributed by atoms with E-state index in [-0.39, 0.29) is 5.91 Å². The maximum absolute atomic E-state index is 11.6. The molecular weight excluding hydrogens is 230 g/mol. The third kappa shape index (κ3) is 2.95. The zero-order chi connectivity index (χ0) is 10.7. The Balaban J connectivity index is 1.76. The Labute approximate surface area is 98.6 Å². The van der Waals surface area contributed by atoms with Crippen molar-refractivity contribution in [3.05, 3.63) is 22.4 Å². The molecule has 15 heavy (non-hydrogen) atoms. The van der Waals surface area contributed by atoms with Crippen LogP contribution in [0.3, 0.4) is 0 Å². The van der Waals surface area contributed by atoms with Crippen molar-refractivity contribution in [3.63, 3.8) is 0 Å². The molecule has 0 spiro atoms. The summed E-state index contributed by atoms with van der Waals surface area (Å²) in [5.41, 5.74) is 0.764. The summed E-state index contributed by atoms with van der Waals surface area (Å²) in [5, 5.41) is 7.05. The maximum atomic E-state index is 11.6. The van der Waals surface area contributed by atoms with Gasteiger partial charge in [0.2, 0.25) is 0 Å². The first-order chi connectivity index (χ1) is 7.25. The third-order valence-corrected chi connectivity index (χ3v) is 3.89. The molecule has 0 aromatic carbocycles. The fourth-order valence-corrected chi connectivity index (χ4v) is 2.95. The van der Waals surface area contributed by atoms with Crippen LogP contribution < -0.4 is 5.32 Å². The van der Waals surface area contributed by atoms with Gasteiger partial charge in [-0.15, -0.1) is 11.6 Å². The number of rotatable bonds is 3. The van der Waals surface area contributed by atoms with Crippen LogP contribution in [0.2, 0.25) is 0 Å². The predicted octanol–water partition coefficient (Wildman–Crippen LogP) is 2.89. The van der Waals surface area contributed by atoms with Crippen molar-refractivity contribution in [2.45, 2.75) is 24.6 Å². The molecule has 1 aliphatic rings. The molecule has 1 aromatic heterocycles. The molecule has 2 atom stereocenters. The molecule has 0 bridgehead atoms. The highest BCUT2D eigenvalue weighted by Gasteiger charge is 2.23. The molecule has 1 saturated carbocycles. The van der Waals surface area contributed by atoms with Crippen LogP contribution >= 0.6 is 22.9 Å². The molecule has 1 aliphatic carbocycles. The fourth-order valence-electron chi connectivity index (χ4n) is 1.93. The minimum atomic E-state index is 0.0364. The van der Waals surface area contributed by atoms with Gasteiger partial charge in [0.15, 0.2) is 0 Å². The minimum absolute atomic E-state index is 0.0364. The van der Waals surface area contributed by atoms with Gasteiger partial charge < -0.3 is 5.32 Å². The standard InChI is InChI=1S/C11H14ClNOS/c12-10-2-1-8(5-10)6-13-11(14)9-3-4-15-7-9/h3-4,7-8,10H,1-2,5-6H2,(H,13,14). The van der Waals surface area contributed by atoms with Gasteiger partial charge in [-0.3, -0.25) is 4.79 Å². The Bertz CT molecular complexity index is 325. The van der Waals surface area contributed by atoms with Crippen LogP contribution in [-0.4, -0.2) is 17.8 Å².